The Bertz CT molecular complexity index is 1030. The van der Waals surface area contributed by atoms with Crippen molar-refractivity contribution < 1.29 is 13.9 Å². The Labute approximate surface area is 159 Å². The molecule has 0 spiro atoms. The fraction of sp³-hybridized carbons (Fsp3) is 0.222. The molecule has 3 aromatic rings. The van der Waals surface area contributed by atoms with Crippen LogP contribution in [0.25, 0.3) is 11.5 Å². The van der Waals surface area contributed by atoms with E-state index in [-0.39, 0.29) is 18.0 Å². The third-order valence-electron chi connectivity index (χ3n) is 3.75. The van der Waals surface area contributed by atoms with Crippen molar-refractivity contribution in [1.29, 1.82) is 0 Å². The van der Waals surface area contributed by atoms with Gasteiger partial charge < -0.3 is 19.0 Å². The Balaban J connectivity index is 1.81. The summed E-state index contributed by atoms with van der Waals surface area (Å²) in [5.41, 5.74) is 0.640. The van der Waals surface area contributed by atoms with Gasteiger partial charge in [-0.15, -0.1) is 10.2 Å². The Morgan fingerprint density at radius 3 is 2.81 bits per heavy atom. The molecule has 0 unspecified atom stereocenters. The summed E-state index contributed by atoms with van der Waals surface area (Å²) in [6.07, 6.45) is 2.11. The van der Waals surface area contributed by atoms with E-state index in [2.05, 4.69) is 15.5 Å². The van der Waals surface area contributed by atoms with Gasteiger partial charge in [-0.2, -0.15) is 0 Å². The number of aryl methyl sites for hydroxylation is 1. The van der Waals surface area contributed by atoms with Crippen molar-refractivity contribution in [3.05, 3.63) is 57.8 Å². The molecule has 0 aliphatic carbocycles. The molecule has 140 valence electrons. The number of benzene rings is 1. The van der Waals surface area contributed by atoms with Crippen LogP contribution < -0.4 is 15.6 Å². The van der Waals surface area contributed by atoms with Crippen LogP contribution in [0.15, 0.2) is 45.7 Å². The van der Waals surface area contributed by atoms with Crippen LogP contribution in [0.1, 0.15) is 12.8 Å². The number of amides is 1. The first-order valence-corrected chi connectivity index (χ1v) is 8.54. The van der Waals surface area contributed by atoms with E-state index < -0.39 is 5.91 Å². The molecule has 8 nitrogen and oxygen atoms in total. The van der Waals surface area contributed by atoms with Crippen LogP contribution >= 0.6 is 11.6 Å². The van der Waals surface area contributed by atoms with Gasteiger partial charge in [-0.1, -0.05) is 18.5 Å². The van der Waals surface area contributed by atoms with Crippen molar-refractivity contribution in [3.8, 4) is 17.2 Å². The number of hydrogen-bond acceptors (Lipinski definition) is 6. The number of nitrogens with one attached hydrogen (secondary N) is 1. The molecular formula is C18H17ClN4O4. The van der Waals surface area contributed by atoms with Crippen LogP contribution in [0.5, 0.6) is 5.75 Å². The first kappa shape index (κ1) is 18.7. The molecule has 1 N–H and O–H groups in total. The summed E-state index contributed by atoms with van der Waals surface area (Å²) >= 11 is 5.96. The second kappa shape index (κ2) is 8.05. The number of aromatic nitrogens is 3. The summed E-state index contributed by atoms with van der Waals surface area (Å²) < 4.78 is 11.9. The Kier molecular flexibility index (Phi) is 5.56. The molecule has 1 aromatic carbocycles. The van der Waals surface area contributed by atoms with Gasteiger partial charge in [-0.25, -0.2) is 0 Å². The van der Waals surface area contributed by atoms with Gasteiger partial charge in [0.1, 0.15) is 12.3 Å². The summed E-state index contributed by atoms with van der Waals surface area (Å²) in [5.74, 6) is 0.840. The molecule has 0 saturated heterocycles. The fourth-order valence-corrected chi connectivity index (χ4v) is 2.59. The van der Waals surface area contributed by atoms with Crippen LogP contribution in [-0.4, -0.2) is 27.8 Å². The number of anilines is 1. The maximum Gasteiger partial charge on any atom is 0.251 e. The summed E-state index contributed by atoms with van der Waals surface area (Å²) in [7, 11) is 1.49. The van der Waals surface area contributed by atoms with Gasteiger partial charge in [-0.05, 0) is 24.3 Å². The maximum atomic E-state index is 12.4. The number of carbonyl (C=O) groups excluding carboxylic acids is 1. The summed E-state index contributed by atoms with van der Waals surface area (Å²) in [6.45, 7) is 1.70. The predicted molar refractivity (Wildman–Crippen MR) is 100 cm³/mol. The van der Waals surface area contributed by atoms with E-state index in [0.717, 1.165) is 0 Å². The van der Waals surface area contributed by atoms with Crippen molar-refractivity contribution in [2.45, 2.75) is 19.9 Å². The van der Waals surface area contributed by atoms with Crippen LogP contribution in [0.2, 0.25) is 5.02 Å². The minimum Gasteiger partial charge on any atom is -0.495 e. The van der Waals surface area contributed by atoms with Gasteiger partial charge in [0, 0.05) is 23.7 Å². The lowest BCUT2D eigenvalue weighted by Gasteiger charge is -2.11. The maximum absolute atomic E-state index is 12.4. The van der Waals surface area contributed by atoms with E-state index in [1.807, 2.05) is 6.92 Å². The first-order chi connectivity index (χ1) is 13.0. The standard InChI is InChI=1S/C18H17ClN4O4/c1-3-16-21-22-18(27-16)11-4-7-17(25)23(9-11)10-15(24)20-13-8-12(19)5-6-14(13)26-2/h4-9H,3,10H2,1-2H3,(H,20,24). The van der Waals surface area contributed by atoms with Crippen molar-refractivity contribution in [3.63, 3.8) is 0 Å². The smallest absolute Gasteiger partial charge is 0.251 e. The van der Waals surface area contributed by atoms with E-state index in [1.165, 1.54) is 23.9 Å². The SMILES string of the molecule is CCc1nnc(-c2ccc(=O)n(CC(=O)Nc3cc(Cl)ccc3OC)c2)o1. The number of methoxy groups -OCH3 is 1. The molecule has 3 rings (SSSR count). The number of pyridine rings is 1. The van der Waals surface area contributed by atoms with E-state index in [9.17, 15) is 9.59 Å². The van der Waals surface area contributed by atoms with Crippen molar-refractivity contribution in [1.82, 2.24) is 14.8 Å². The molecule has 27 heavy (non-hydrogen) atoms. The Hall–Kier alpha value is -3.13. The molecule has 1 amide bonds. The largest absolute Gasteiger partial charge is 0.495 e. The molecule has 0 bridgehead atoms. The van der Waals surface area contributed by atoms with Crippen molar-refractivity contribution in [2.24, 2.45) is 0 Å². The highest BCUT2D eigenvalue weighted by molar-refractivity contribution is 6.31. The van der Waals surface area contributed by atoms with Gasteiger partial charge in [-0.3, -0.25) is 9.59 Å². The number of halogens is 1. The normalized spacial score (nSPS) is 10.6. The average Bonchev–Trinajstić information content (AvgIpc) is 3.13. The lowest BCUT2D eigenvalue weighted by Crippen LogP contribution is -2.27. The quantitative estimate of drug-likeness (QED) is 0.697. The molecule has 2 aromatic heterocycles. The molecule has 2 heterocycles. The highest BCUT2D eigenvalue weighted by Crippen LogP contribution is 2.27. The van der Waals surface area contributed by atoms with Gasteiger partial charge >= 0.3 is 0 Å². The van der Waals surface area contributed by atoms with Gasteiger partial charge in [0.2, 0.25) is 17.7 Å². The van der Waals surface area contributed by atoms with Gasteiger partial charge in [0.05, 0.1) is 18.4 Å². The highest BCUT2D eigenvalue weighted by atomic mass is 35.5. The molecule has 0 fully saturated rings. The molecule has 0 aliphatic rings. The number of nitrogens with zero attached hydrogens (tertiary/aromatic N) is 3. The van der Waals surface area contributed by atoms with Crippen LogP contribution in [0.3, 0.4) is 0 Å². The molecule has 0 saturated carbocycles. The number of carbonyl (C=O) groups is 1. The van der Waals surface area contributed by atoms with E-state index in [4.69, 9.17) is 20.8 Å². The number of hydrogen-bond donors (Lipinski definition) is 1. The van der Waals surface area contributed by atoms with Crippen molar-refractivity contribution >= 4 is 23.2 Å². The van der Waals surface area contributed by atoms with E-state index in [1.54, 1.807) is 24.3 Å². The minimum atomic E-state index is -0.408. The molecule has 0 aliphatic heterocycles. The summed E-state index contributed by atoms with van der Waals surface area (Å²) in [4.78, 5) is 24.5. The molecule has 0 atom stereocenters. The average molecular weight is 389 g/mol. The second-order valence-corrected chi connectivity index (χ2v) is 6.07. The molecule has 9 heteroatoms. The summed E-state index contributed by atoms with van der Waals surface area (Å²) in [5, 5.41) is 11.0. The lowest BCUT2D eigenvalue weighted by molar-refractivity contribution is -0.116. The first-order valence-electron chi connectivity index (χ1n) is 8.16. The zero-order valence-electron chi connectivity index (χ0n) is 14.7. The lowest BCUT2D eigenvalue weighted by atomic mass is 10.2. The monoisotopic (exact) mass is 388 g/mol. The molecular weight excluding hydrogens is 372 g/mol. The Morgan fingerprint density at radius 2 is 2.11 bits per heavy atom. The zero-order chi connectivity index (χ0) is 19.4. The number of rotatable bonds is 6. The van der Waals surface area contributed by atoms with Crippen LogP contribution in [-0.2, 0) is 17.8 Å². The third kappa shape index (κ3) is 4.35. The van der Waals surface area contributed by atoms with Crippen LogP contribution in [0.4, 0.5) is 5.69 Å². The van der Waals surface area contributed by atoms with E-state index in [0.29, 0.717) is 34.3 Å². The van der Waals surface area contributed by atoms with Gasteiger partial charge in [0.25, 0.3) is 5.56 Å². The number of ether oxygens (including phenoxy) is 1. The third-order valence-corrected chi connectivity index (χ3v) is 3.98. The van der Waals surface area contributed by atoms with Crippen LogP contribution in [0, 0.1) is 0 Å². The predicted octanol–water partition coefficient (Wildman–Crippen LogP) is 2.76. The second-order valence-electron chi connectivity index (χ2n) is 5.63. The minimum absolute atomic E-state index is 0.197. The van der Waals surface area contributed by atoms with Crippen molar-refractivity contribution in [2.75, 3.05) is 12.4 Å². The summed E-state index contributed by atoms with van der Waals surface area (Å²) in [6, 6.07) is 7.79. The highest BCUT2D eigenvalue weighted by Gasteiger charge is 2.13. The molecule has 0 radical (unpaired) electrons. The topological polar surface area (TPSA) is 99.2 Å². The van der Waals surface area contributed by atoms with Gasteiger partial charge in [0.15, 0.2) is 0 Å². The Morgan fingerprint density at radius 1 is 1.30 bits per heavy atom. The fourth-order valence-electron chi connectivity index (χ4n) is 2.42. The zero-order valence-corrected chi connectivity index (χ0v) is 15.5. The van der Waals surface area contributed by atoms with E-state index >= 15 is 0 Å².